The number of aromatic nitrogens is 1. The molecule has 0 saturated carbocycles. The summed E-state index contributed by atoms with van der Waals surface area (Å²) in [6.07, 6.45) is 0. The van der Waals surface area contributed by atoms with E-state index in [1.54, 1.807) is 11.3 Å². The van der Waals surface area contributed by atoms with Gasteiger partial charge < -0.3 is 10.1 Å². The number of nitrogens with zero attached hydrogens (tertiary/aromatic N) is 1. The lowest BCUT2D eigenvalue weighted by molar-refractivity contribution is 0.341. The Bertz CT molecular complexity index is 742. The Morgan fingerprint density at radius 3 is 2.95 bits per heavy atom. The van der Waals surface area contributed by atoms with E-state index >= 15 is 0 Å². The minimum Gasteiger partial charge on any atom is -0.494 e. The number of benzene rings is 2. The molecule has 0 saturated heterocycles. The maximum Gasteiger partial charge on any atom is 0.188 e. The average Bonchev–Trinajstić information content (AvgIpc) is 2.80. The molecule has 0 aliphatic rings. The van der Waals surface area contributed by atoms with Crippen molar-refractivity contribution in [1.29, 1.82) is 0 Å². The van der Waals surface area contributed by atoms with E-state index in [0.717, 1.165) is 26.8 Å². The Kier molecular flexibility index (Phi) is 3.76. The summed E-state index contributed by atoms with van der Waals surface area (Å²) in [5.74, 6) is 0.873. The first-order chi connectivity index (χ1) is 9.74. The minimum absolute atomic E-state index is 0.665. The Hall–Kier alpha value is -1.78. The molecule has 1 aromatic heterocycles. The van der Waals surface area contributed by atoms with Gasteiger partial charge >= 0.3 is 0 Å². The molecule has 3 aromatic rings. The number of nitrogens with one attached hydrogen (secondary N) is 1. The summed E-state index contributed by atoms with van der Waals surface area (Å²) in [7, 11) is 0. The molecule has 0 spiro atoms. The summed E-state index contributed by atoms with van der Waals surface area (Å²) < 4.78 is 6.60. The molecule has 0 amide bonds. The summed E-state index contributed by atoms with van der Waals surface area (Å²) in [4.78, 5) is 4.55. The van der Waals surface area contributed by atoms with Crippen LogP contribution in [0.1, 0.15) is 6.92 Å². The van der Waals surface area contributed by atoms with Crippen LogP contribution >= 0.6 is 22.9 Å². The summed E-state index contributed by atoms with van der Waals surface area (Å²) in [6.45, 7) is 2.64. The van der Waals surface area contributed by atoms with E-state index in [-0.39, 0.29) is 0 Å². The predicted molar refractivity (Wildman–Crippen MR) is 85.5 cm³/mol. The third kappa shape index (κ3) is 2.86. The fraction of sp³-hybridized carbons (Fsp3) is 0.133. The molecule has 1 N–H and O–H groups in total. The molecule has 102 valence electrons. The van der Waals surface area contributed by atoms with Gasteiger partial charge in [-0.25, -0.2) is 4.98 Å². The van der Waals surface area contributed by atoms with Gasteiger partial charge in [0.2, 0.25) is 0 Å². The first-order valence-corrected chi connectivity index (χ1v) is 7.50. The van der Waals surface area contributed by atoms with Crippen LogP contribution in [0.4, 0.5) is 10.8 Å². The second kappa shape index (κ2) is 5.69. The van der Waals surface area contributed by atoms with Gasteiger partial charge in [-0.2, -0.15) is 0 Å². The Balaban J connectivity index is 1.89. The van der Waals surface area contributed by atoms with Crippen LogP contribution in [0.3, 0.4) is 0 Å². The number of rotatable bonds is 4. The van der Waals surface area contributed by atoms with E-state index in [1.165, 1.54) is 0 Å². The molecular formula is C15H13ClN2OS. The van der Waals surface area contributed by atoms with Crippen molar-refractivity contribution in [2.45, 2.75) is 6.92 Å². The van der Waals surface area contributed by atoms with Gasteiger partial charge in [-0.05, 0) is 43.3 Å². The number of hydrogen-bond acceptors (Lipinski definition) is 4. The zero-order valence-electron chi connectivity index (χ0n) is 10.9. The van der Waals surface area contributed by atoms with Crippen molar-refractivity contribution in [3.8, 4) is 5.75 Å². The highest BCUT2D eigenvalue weighted by Crippen LogP contribution is 2.31. The second-order valence-corrected chi connectivity index (χ2v) is 5.68. The van der Waals surface area contributed by atoms with Crippen molar-refractivity contribution in [1.82, 2.24) is 4.98 Å². The van der Waals surface area contributed by atoms with Crippen molar-refractivity contribution in [2.24, 2.45) is 0 Å². The summed E-state index contributed by atoms with van der Waals surface area (Å²) >= 11 is 7.56. The molecule has 0 aliphatic carbocycles. The fourth-order valence-corrected chi connectivity index (χ4v) is 3.01. The minimum atomic E-state index is 0.665. The van der Waals surface area contributed by atoms with Crippen LogP contribution in [-0.4, -0.2) is 11.6 Å². The van der Waals surface area contributed by atoms with Crippen LogP contribution in [0.5, 0.6) is 5.75 Å². The lowest BCUT2D eigenvalue weighted by atomic mass is 10.3. The van der Waals surface area contributed by atoms with Crippen LogP contribution in [-0.2, 0) is 0 Å². The van der Waals surface area contributed by atoms with Gasteiger partial charge in [0, 0.05) is 10.7 Å². The van der Waals surface area contributed by atoms with Crippen LogP contribution in [0.25, 0.3) is 10.2 Å². The lowest BCUT2D eigenvalue weighted by Gasteiger charge is -2.01. The number of thiazole rings is 1. The third-order valence-corrected chi connectivity index (χ3v) is 3.92. The van der Waals surface area contributed by atoms with Gasteiger partial charge in [0.1, 0.15) is 5.75 Å². The summed E-state index contributed by atoms with van der Waals surface area (Å²) in [5, 5.41) is 4.81. The molecule has 2 aromatic carbocycles. The van der Waals surface area contributed by atoms with Gasteiger partial charge in [0.05, 0.1) is 16.8 Å². The maximum atomic E-state index is 5.97. The second-order valence-electron chi connectivity index (χ2n) is 4.22. The van der Waals surface area contributed by atoms with Crippen LogP contribution in [0.2, 0.25) is 5.02 Å². The van der Waals surface area contributed by atoms with Crippen molar-refractivity contribution < 1.29 is 4.74 Å². The maximum absolute atomic E-state index is 5.97. The number of ether oxygens (including phenoxy) is 1. The summed E-state index contributed by atoms with van der Waals surface area (Å²) in [6, 6.07) is 13.5. The zero-order chi connectivity index (χ0) is 13.9. The Morgan fingerprint density at radius 1 is 1.25 bits per heavy atom. The van der Waals surface area contributed by atoms with Crippen LogP contribution < -0.4 is 10.1 Å². The Morgan fingerprint density at radius 2 is 2.15 bits per heavy atom. The molecule has 20 heavy (non-hydrogen) atoms. The molecule has 3 rings (SSSR count). The molecule has 3 nitrogen and oxygen atoms in total. The number of halogens is 1. The lowest BCUT2D eigenvalue weighted by Crippen LogP contribution is -1.90. The average molecular weight is 305 g/mol. The molecule has 0 atom stereocenters. The smallest absolute Gasteiger partial charge is 0.188 e. The topological polar surface area (TPSA) is 34.1 Å². The van der Waals surface area contributed by atoms with Crippen LogP contribution in [0.15, 0.2) is 42.5 Å². The monoisotopic (exact) mass is 304 g/mol. The van der Waals surface area contributed by atoms with E-state index in [4.69, 9.17) is 16.3 Å². The number of anilines is 2. The highest BCUT2D eigenvalue weighted by molar-refractivity contribution is 7.22. The van der Waals surface area contributed by atoms with Crippen molar-refractivity contribution in [2.75, 3.05) is 11.9 Å². The SMILES string of the molecule is CCOc1ccc2nc(Nc3cccc(Cl)c3)sc2c1. The summed E-state index contributed by atoms with van der Waals surface area (Å²) in [5.41, 5.74) is 1.89. The molecule has 0 bridgehead atoms. The van der Waals surface area contributed by atoms with E-state index < -0.39 is 0 Å². The largest absolute Gasteiger partial charge is 0.494 e. The van der Waals surface area contributed by atoms with Gasteiger partial charge in [-0.3, -0.25) is 0 Å². The first-order valence-electron chi connectivity index (χ1n) is 6.30. The molecule has 1 heterocycles. The molecule has 0 aliphatic heterocycles. The van der Waals surface area contributed by atoms with E-state index in [9.17, 15) is 0 Å². The molecule has 5 heteroatoms. The Labute approximate surface area is 126 Å². The first kappa shape index (κ1) is 13.2. The van der Waals surface area contributed by atoms with E-state index in [2.05, 4.69) is 10.3 Å². The highest BCUT2D eigenvalue weighted by Gasteiger charge is 2.05. The molecule has 0 fully saturated rings. The number of hydrogen-bond donors (Lipinski definition) is 1. The molecule has 0 unspecified atom stereocenters. The van der Waals surface area contributed by atoms with E-state index in [0.29, 0.717) is 11.6 Å². The van der Waals surface area contributed by atoms with Gasteiger partial charge in [0.15, 0.2) is 5.13 Å². The fourth-order valence-electron chi connectivity index (χ4n) is 1.90. The predicted octanol–water partition coefficient (Wildman–Crippen LogP) is 5.09. The molecule has 0 radical (unpaired) electrons. The van der Waals surface area contributed by atoms with Crippen molar-refractivity contribution in [3.63, 3.8) is 0 Å². The van der Waals surface area contributed by atoms with Gasteiger partial charge in [-0.15, -0.1) is 0 Å². The zero-order valence-corrected chi connectivity index (χ0v) is 12.5. The number of fused-ring (bicyclic) bond motifs is 1. The van der Waals surface area contributed by atoms with Crippen molar-refractivity contribution in [3.05, 3.63) is 47.5 Å². The van der Waals surface area contributed by atoms with Crippen molar-refractivity contribution >= 4 is 44.0 Å². The van der Waals surface area contributed by atoms with Gasteiger partial charge in [-0.1, -0.05) is 29.0 Å². The third-order valence-electron chi connectivity index (χ3n) is 2.75. The van der Waals surface area contributed by atoms with E-state index in [1.807, 2.05) is 49.4 Å². The quantitative estimate of drug-likeness (QED) is 0.729. The highest BCUT2D eigenvalue weighted by atomic mass is 35.5. The standard InChI is InChI=1S/C15H13ClN2OS/c1-2-19-12-6-7-13-14(9-12)20-15(18-13)17-11-5-3-4-10(16)8-11/h3-9H,2H2,1H3,(H,17,18). The normalized spacial score (nSPS) is 10.7. The van der Waals surface area contributed by atoms with Gasteiger partial charge in [0.25, 0.3) is 0 Å². The van der Waals surface area contributed by atoms with Crippen LogP contribution in [0, 0.1) is 0 Å². The molecular weight excluding hydrogens is 292 g/mol.